The highest BCUT2D eigenvalue weighted by atomic mass is 28.4. The van der Waals surface area contributed by atoms with Crippen LogP contribution < -0.4 is 0 Å². The molecule has 1 N–H and O–H groups in total. The van der Waals surface area contributed by atoms with Crippen LogP contribution in [0.4, 0.5) is 0 Å². The zero-order valence-electron chi connectivity index (χ0n) is 14.9. The van der Waals surface area contributed by atoms with Crippen LogP contribution in [0, 0.1) is 0 Å². The van der Waals surface area contributed by atoms with Crippen LogP contribution in [0.15, 0.2) is 36.5 Å². The molecule has 0 saturated carbocycles. The van der Waals surface area contributed by atoms with Gasteiger partial charge in [-0.3, -0.25) is 4.90 Å². The van der Waals surface area contributed by atoms with Crippen molar-refractivity contribution in [3.05, 3.63) is 42.4 Å². The van der Waals surface area contributed by atoms with Gasteiger partial charge in [0.2, 0.25) is 0 Å². The number of H-pyrrole nitrogens is 1. The molecule has 0 unspecified atom stereocenters. The van der Waals surface area contributed by atoms with Crippen LogP contribution in [0.3, 0.4) is 0 Å². The number of hydrogen-bond acceptors (Lipinski definition) is 5. The Hall–Kier alpha value is -1.51. The van der Waals surface area contributed by atoms with Gasteiger partial charge in [-0.25, -0.2) is 4.98 Å². The molecule has 1 heterocycles. The molecule has 0 radical (unpaired) electrons. The summed E-state index contributed by atoms with van der Waals surface area (Å²) in [7, 11) is 4.57. The number of nitrogens with zero attached hydrogens (tertiary/aromatic N) is 2. The minimum absolute atomic E-state index is 0.772. The van der Waals surface area contributed by atoms with Gasteiger partial charge in [-0.2, -0.15) is 0 Å². The van der Waals surface area contributed by atoms with Crippen molar-refractivity contribution in [1.82, 2.24) is 14.9 Å². The van der Waals surface area contributed by atoms with E-state index in [1.165, 1.54) is 0 Å². The molecule has 132 valence electrons. The number of nitrogens with one attached hydrogen (secondary N) is 1. The molecule has 0 spiro atoms. The molecule has 0 saturated heterocycles. The highest BCUT2D eigenvalue weighted by Gasteiger charge is 2.36. The Labute approximate surface area is 145 Å². The first-order valence-corrected chi connectivity index (χ1v) is 9.99. The molecule has 6 nitrogen and oxygen atoms in total. The summed E-state index contributed by atoms with van der Waals surface area (Å²) >= 11 is 0. The third kappa shape index (κ3) is 4.99. The molecule has 0 bridgehead atoms. The van der Waals surface area contributed by atoms with E-state index in [0.717, 1.165) is 42.6 Å². The normalized spacial score (nSPS) is 12.0. The van der Waals surface area contributed by atoms with Gasteiger partial charge in [-0.05, 0) is 25.6 Å². The fourth-order valence-electron chi connectivity index (χ4n) is 2.66. The Balaban J connectivity index is 1.83. The van der Waals surface area contributed by atoms with Crippen LogP contribution in [0.5, 0.6) is 0 Å². The SMILES string of the molecule is CO[Si](CCCN(C)Cc1ncc(-c2ccccc2)[nH]1)(OC)OC. The van der Waals surface area contributed by atoms with Gasteiger partial charge in [-0.15, -0.1) is 0 Å². The lowest BCUT2D eigenvalue weighted by molar-refractivity contribution is 0.121. The molecule has 0 amide bonds. The average molecular weight is 350 g/mol. The first-order valence-electron chi connectivity index (χ1n) is 8.06. The number of benzene rings is 1. The largest absolute Gasteiger partial charge is 0.500 e. The Morgan fingerprint density at radius 3 is 2.38 bits per heavy atom. The van der Waals surface area contributed by atoms with E-state index in [1.54, 1.807) is 21.3 Å². The second kappa shape index (κ2) is 9.10. The standard InChI is InChI=1S/C17H27N3O3Si/c1-20(11-8-12-24(21-2,22-3)23-4)14-17-18-13-16(19-17)15-9-6-5-7-10-15/h5-7,9-10,13H,8,11-12,14H2,1-4H3,(H,18,19). The fourth-order valence-corrected chi connectivity index (χ4v) is 4.37. The Morgan fingerprint density at radius 1 is 1.08 bits per heavy atom. The maximum atomic E-state index is 5.45. The number of imidazole rings is 1. The van der Waals surface area contributed by atoms with Crippen molar-refractivity contribution in [2.24, 2.45) is 0 Å². The Kier molecular flexibility index (Phi) is 7.13. The van der Waals surface area contributed by atoms with Gasteiger partial charge < -0.3 is 18.3 Å². The van der Waals surface area contributed by atoms with Crippen LogP contribution in [0.2, 0.25) is 6.04 Å². The van der Waals surface area contributed by atoms with E-state index in [4.69, 9.17) is 13.3 Å². The van der Waals surface area contributed by atoms with E-state index < -0.39 is 8.80 Å². The summed E-state index contributed by atoms with van der Waals surface area (Å²) in [4.78, 5) is 10.1. The molecule has 0 aliphatic heterocycles. The number of rotatable bonds is 10. The lowest BCUT2D eigenvalue weighted by atomic mass is 10.2. The van der Waals surface area contributed by atoms with Crippen molar-refractivity contribution >= 4 is 8.80 Å². The highest BCUT2D eigenvalue weighted by Crippen LogP contribution is 2.17. The maximum absolute atomic E-state index is 5.45. The second-order valence-corrected chi connectivity index (χ2v) is 8.84. The fraction of sp³-hybridized carbons (Fsp3) is 0.471. The molecular formula is C17H27N3O3Si. The van der Waals surface area contributed by atoms with Gasteiger partial charge >= 0.3 is 8.80 Å². The lowest BCUT2D eigenvalue weighted by Gasteiger charge is -2.25. The van der Waals surface area contributed by atoms with Crippen molar-refractivity contribution in [1.29, 1.82) is 0 Å². The number of aromatic amines is 1. The maximum Gasteiger partial charge on any atom is 0.500 e. The molecule has 0 fully saturated rings. The van der Waals surface area contributed by atoms with E-state index >= 15 is 0 Å². The molecule has 0 atom stereocenters. The second-order valence-electron chi connectivity index (χ2n) is 5.75. The molecular weight excluding hydrogens is 322 g/mol. The Bertz CT molecular complexity index is 594. The predicted octanol–water partition coefficient (Wildman–Crippen LogP) is 2.78. The Morgan fingerprint density at radius 2 is 1.75 bits per heavy atom. The smallest absolute Gasteiger partial charge is 0.377 e. The van der Waals surface area contributed by atoms with Gasteiger partial charge in [0.15, 0.2) is 0 Å². The van der Waals surface area contributed by atoms with Crippen LogP contribution >= 0.6 is 0 Å². The summed E-state index contributed by atoms with van der Waals surface area (Å²) in [6.45, 7) is 1.69. The molecule has 24 heavy (non-hydrogen) atoms. The zero-order chi connectivity index (χ0) is 17.4. The van der Waals surface area contributed by atoms with Crippen molar-refractivity contribution in [2.75, 3.05) is 34.9 Å². The van der Waals surface area contributed by atoms with E-state index in [-0.39, 0.29) is 0 Å². The van der Waals surface area contributed by atoms with Crippen LogP contribution in [0.25, 0.3) is 11.3 Å². The zero-order valence-corrected chi connectivity index (χ0v) is 15.9. The highest BCUT2D eigenvalue weighted by molar-refractivity contribution is 6.60. The van der Waals surface area contributed by atoms with Crippen molar-refractivity contribution in [2.45, 2.75) is 19.0 Å². The third-order valence-electron chi connectivity index (χ3n) is 4.09. The van der Waals surface area contributed by atoms with E-state index in [1.807, 2.05) is 24.4 Å². The minimum Gasteiger partial charge on any atom is -0.377 e. The minimum atomic E-state index is -2.47. The van der Waals surface area contributed by atoms with Crippen LogP contribution in [-0.4, -0.2) is 58.6 Å². The van der Waals surface area contributed by atoms with Gasteiger partial charge in [0.1, 0.15) is 5.82 Å². The lowest BCUT2D eigenvalue weighted by Crippen LogP contribution is -2.43. The topological polar surface area (TPSA) is 59.6 Å². The van der Waals surface area contributed by atoms with Crippen LogP contribution in [0.1, 0.15) is 12.2 Å². The summed E-state index contributed by atoms with van der Waals surface area (Å²) in [5.41, 5.74) is 2.19. The van der Waals surface area contributed by atoms with Gasteiger partial charge in [0, 0.05) is 27.4 Å². The van der Waals surface area contributed by atoms with Gasteiger partial charge in [0.25, 0.3) is 0 Å². The van der Waals surface area contributed by atoms with E-state index in [9.17, 15) is 0 Å². The molecule has 2 aromatic rings. The quantitative estimate of drug-likeness (QED) is 0.668. The first-order chi connectivity index (χ1) is 11.6. The summed E-state index contributed by atoms with van der Waals surface area (Å²) in [6, 6.07) is 11.0. The molecule has 2 rings (SSSR count). The first kappa shape index (κ1) is 18.8. The van der Waals surface area contributed by atoms with E-state index in [0.29, 0.717) is 0 Å². The van der Waals surface area contributed by atoms with Crippen molar-refractivity contribution < 1.29 is 13.3 Å². The van der Waals surface area contributed by atoms with Crippen molar-refractivity contribution in [3.8, 4) is 11.3 Å². The summed E-state index contributed by atoms with van der Waals surface area (Å²) in [5.74, 6) is 0.963. The predicted molar refractivity (Wildman–Crippen MR) is 96.6 cm³/mol. The van der Waals surface area contributed by atoms with E-state index in [2.05, 4.69) is 34.0 Å². The molecule has 1 aromatic heterocycles. The average Bonchev–Trinajstić information content (AvgIpc) is 3.08. The van der Waals surface area contributed by atoms with Gasteiger partial charge in [-0.1, -0.05) is 30.3 Å². The molecule has 0 aliphatic carbocycles. The molecule has 1 aromatic carbocycles. The van der Waals surface area contributed by atoms with Gasteiger partial charge in [0.05, 0.1) is 18.4 Å². The summed E-state index contributed by atoms with van der Waals surface area (Å²) in [6.07, 6.45) is 2.84. The van der Waals surface area contributed by atoms with Crippen molar-refractivity contribution in [3.63, 3.8) is 0 Å². The molecule has 7 heteroatoms. The third-order valence-corrected chi connectivity index (χ3v) is 6.92. The molecule has 0 aliphatic rings. The van der Waals surface area contributed by atoms with Crippen LogP contribution in [-0.2, 0) is 19.8 Å². The summed E-state index contributed by atoms with van der Waals surface area (Å²) in [5, 5.41) is 0. The summed E-state index contributed by atoms with van der Waals surface area (Å²) < 4.78 is 16.3. The number of aromatic nitrogens is 2. The number of hydrogen-bond donors (Lipinski definition) is 1. The monoisotopic (exact) mass is 349 g/mol.